The van der Waals surface area contributed by atoms with E-state index in [9.17, 15) is 9.59 Å². The second-order valence-electron chi connectivity index (χ2n) is 10.1. The largest absolute Gasteiger partial charge is 0.460 e. The van der Waals surface area contributed by atoms with Crippen LogP contribution in [0, 0.1) is 5.92 Å². The van der Waals surface area contributed by atoms with Crippen LogP contribution < -0.4 is 0 Å². The summed E-state index contributed by atoms with van der Waals surface area (Å²) in [6.07, 6.45) is 1.65. The highest BCUT2D eigenvalue weighted by atomic mass is 16.6. The van der Waals surface area contributed by atoms with E-state index in [0.29, 0.717) is 32.3 Å². The zero-order valence-electron chi connectivity index (χ0n) is 19.5. The van der Waals surface area contributed by atoms with Gasteiger partial charge in [0, 0.05) is 30.1 Å². The van der Waals surface area contributed by atoms with E-state index in [1.54, 1.807) is 4.90 Å². The summed E-state index contributed by atoms with van der Waals surface area (Å²) in [7, 11) is 0. The minimum atomic E-state index is -0.486. The summed E-state index contributed by atoms with van der Waals surface area (Å²) in [5.41, 5.74) is 7.57. The summed E-state index contributed by atoms with van der Waals surface area (Å²) >= 11 is 0. The van der Waals surface area contributed by atoms with Gasteiger partial charge in [0.15, 0.2) is 0 Å². The quantitative estimate of drug-likeness (QED) is 0.216. The van der Waals surface area contributed by atoms with Crippen LogP contribution in [0.25, 0.3) is 10.4 Å². The van der Waals surface area contributed by atoms with Crippen LogP contribution in [0.2, 0.25) is 0 Å². The maximum absolute atomic E-state index is 11.7. The second-order valence-corrected chi connectivity index (χ2v) is 10.1. The van der Waals surface area contributed by atoms with Gasteiger partial charge in [0.1, 0.15) is 11.2 Å². The van der Waals surface area contributed by atoms with Gasteiger partial charge in [-0.25, -0.2) is 4.79 Å². The Morgan fingerprint density at radius 3 is 2.16 bits per heavy atom. The lowest BCUT2D eigenvalue weighted by Crippen LogP contribution is -2.34. The number of azide groups is 1. The molecule has 3 aliphatic heterocycles. The van der Waals surface area contributed by atoms with Crippen LogP contribution in [0.5, 0.6) is 0 Å². The van der Waals surface area contributed by atoms with E-state index >= 15 is 0 Å². The van der Waals surface area contributed by atoms with E-state index in [1.165, 1.54) is 0 Å². The van der Waals surface area contributed by atoms with Gasteiger partial charge in [0.25, 0.3) is 0 Å². The smallest absolute Gasteiger partial charge is 0.411 e. The molecular formula is C21H36N4O6. The molecule has 176 valence electrons. The molecule has 3 fully saturated rings. The number of ether oxygens (including phenoxy) is 4. The SMILES string of the molecule is CC(C)(C)OC(=O)C[C@H]1COCC[C@@H]1N=[N+]=[N-].CC(C)(C)OC(=O)N1C2CCOCC21. The maximum Gasteiger partial charge on any atom is 0.411 e. The van der Waals surface area contributed by atoms with Crippen LogP contribution in [-0.4, -0.2) is 72.7 Å². The predicted molar refractivity (Wildman–Crippen MR) is 113 cm³/mol. The third-order valence-electron chi connectivity index (χ3n) is 5.00. The van der Waals surface area contributed by atoms with Crippen LogP contribution >= 0.6 is 0 Å². The first-order valence-corrected chi connectivity index (χ1v) is 10.8. The van der Waals surface area contributed by atoms with Gasteiger partial charge in [-0.05, 0) is 59.9 Å². The Bertz CT molecular complexity index is 668. The van der Waals surface area contributed by atoms with Crippen LogP contribution in [0.15, 0.2) is 5.11 Å². The topological polar surface area (TPSA) is 123 Å². The van der Waals surface area contributed by atoms with Gasteiger partial charge in [0.05, 0.1) is 31.7 Å². The Balaban J connectivity index is 0.000000224. The van der Waals surface area contributed by atoms with E-state index in [1.807, 2.05) is 41.5 Å². The number of carbonyl (C=O) groups is 2. The molecule has 3 rings (SSSR count). The number of fused-ring (bicyclic) bond motifs is 1. The zero-order chi connectivity index (χ0) is 23.2. The molecule has 0 bridgehead atoms. The molecule has 0 N–H and O–H groups in total. The van der Waals surface area contributed by atoms with Crippen molar-refractivity contribution >= 4 is 12.1 Å². The predicted octanol–water partition coefficient (Wildman–Crippen LogP) is 3.83. The molecule has 3 heterocycles. The number of esters is 1. The lowest BCUT2D eigenvalue weighted by atomic mass is 9.93. The van der Waals surface area contributed by atoms with E-state index in [4.69, 9.17) is 24.5 Å². The van der Waals surface area contributed by atoms with Crippen molar-refractivity contribution in [1.29, 1.82) is 0 Å². The van der Waals surface area contributed by atoms with E-state index in [2.05, 4.69) is 10.0 Å². The van der Waals surface area contributed by atoms with Crippen molar-refractivity contribution in [3.8, 4) is 0 Å². The van der Waals surface area contributed by atoms with Crippen molar-refractivity contribution in [2.45, 2.75) is 90.1 Å². The Morgan fingerprint density at radius 2 is 1.61 bits per heavy atom. The van der Waals surface area contributed by atoms with Crippen molar-refractivity contribution < 1.29 is 28.5 Å². The molecule has 0 spiro atoms. The molecule has 10 heteroatoms. The number of rotatable bonds is 3. The van der Waals surface area contributed by atoms with E-state index in [0.717, 1.165) is 13.0 Å². The molecule has 0 aromatic rings. The van der Waals surface area contributed by atoms with Gasteiger partial charge < -0.3 is 18.9 Å². The first kappa shape index (κ1) is 25.2. The summed E-state index contributed by atoms with van der Waals surface area (Å²) < 4.78 is 21.1. The van der Waals surface area contributed by atoms with Crippen molar-refractivity contribution in [3.05, 3.63) is 10.4 Å². The molecule has 0 aromatic carbocycles. The Hall–Kier alpha value is -2.03. The third-order valence-corrected chi connectivity index (χ3v) is 5.00. The van der Waals surface area contributed by atoms with Gasteiger partial charge in [-0.1, -0.05) is 5.11 Å². The number of hydrogen-bond donors (Lipinski definition) is 0. The number of amides is 1. The molecule has 0 saturated carbocycles. The molecule has 10 nitrogen and oxygen atoms in total. The Labute approximate surface area is 184 Å². The third kappa shape index (κ3) is 8.55. The monoisotopic (exact) mass is 440 g/mol. The molecule has 31 heavy (non-hydrogen) atoms. The Morgan fingerprint density at radius 1 is 1.00 bits per heavy atom. The van der Waals surface area contributed by atoms with Crippen LogP contribution in [0.3, 0.4) is 0 Å². The van der Waals surface area contributed by atoms with Crippen LogP contribution in [0.4, 0.5) is 4.79 Å². The lowest BCUT2D eigenvalue weighted by Gasteiger charge is -2.28. The average Bonchev–Trinajstić information content (AvgIpc) is 3.36. The highest BCUT2D eigenvalue weighted by Gasteiger charge is 2.53. The molecule has 0 aromatic heterocycles. The van der Waals surface area contributed by atoms with E-state index < -0.39 is 11.2 Å². The maximum atomic E-state index is 11.7. The average molecular weight is 441 g/mol. The first-order valence-electron chi connectivity index (χ1n) is 10.8. The molecule has 4 atom stereocenters. The first-order chi connectivity index (χ1) is 14.4. The fraction of sp³-hybridized carbons (Fsp3) is 0.905. The van der Waals surface area contributed by atoms with Crippen LogP contribution in [-0.2, 0) is 23.7 Å². The second kappa shape index (κ2) is 10.5. The van der Waals surface area contributed by atoms with Crippen molar-refractivity contribution in [2.24, 2.45) is 11.0 Å². The lowest BCUT2D eigenvalue weighted by molar-refractivity contribution is -0.157. The summed E-state index contributed by atoms with van der Waals surface area (Å²) in [5.74, 6) is -0.347. The molecule has 3 aliphatic rings. The number of hydrogen-bond acceptors (Lipinski definition) is 7. The summed E-state index contributed by atoms with van der Waals surface area (Å²) in [6.45, 7) is 13.6. The Kier molecular flexibility index (Phi) is 8.57. The fourth-order valence-electron chi connectivity index (χ4n) is 3.65. The highest BCUT2D eigenvalue weighted by molar-refractivity contribution is 5.72. The fourth-order valence-corrected chi connectivity index (χ4v) is 3.65. The molecule has 2 unspecified atom stereocenters. The van der Waals surface area contributed by atoms with Gasteiger partial charge in [-0.3, -0.25) is 9.69 Å². The van der Waals surface area contributed by atoms with Crippen molar-refractivity contribution in [3.63, 3.8) is 0 Å². The minimum absolute atomic E-state index is 0.0745. The summed E-state index contributed by atoms with van der Waals surface area (Å²) in [4.78, 5) is 27.9. The highest BCUT2D eigenvalue weighted by Crippen LogP contribution is 2.35. The number of carbonyl (C=O) groups excluding carboxylic acids is 2. The molecule has 0 aliphatic carbocycles. The molecular weight excluding hydrogens is 404 g/mol. The van der Waals surface area contributed by atoms with Gasteiger partial charge in [0.2, 0.25) is 0 Å². The normalized spacial score (nSPS) is 27.6. The van der Waals surface area contributed by atoms with Gasteiger partial charge in [-0.2, -0.15) is 0 Å². The molecule has 3 saturated heterocycles. The van der Waals surface area contributed by atoms with Crippen molar-refractivity contribution in [1.82, 2.24) is 4.90 Å². The zero-order valence-corrected chi connectivity index (χ0v) is 19.5. The van der Waals surface area contributed by atoms with Crippen molar-refractivity contribution in [2.75, 3.05) is 26.4 Å². The summed E-state index contributed by atoms with van der Waals surface area (Å²) in [6, 6.07) is 0.485. The summed E-state index contributed by atoms with van der Waals surface area (Å²) in [5, 5.41) is 3.71. The molecule has 0 radical (unpaired) electrons. The minimum Gasteiger partial charge on any atom is -0.460 e. The number of nitrogens with zero attached hydrogens (tertiary/aromatic N) is 4. The van der Waals surface area contributed by atoms with E-state index in [-0.39, 0.29) is 36.5 Å². The van der Waals surface area contributed by atoms with Gasteiger partial charge in [-0.15, -0.1) is 0 Å². The molecule has 1 amide bonds. The standard InChI is InChI=1S/C11H19N3O3.C10H17NO3/c1-11(2,3)17-10(15)6-8-7-16-5-4-9(8)13-14-12;1-10(2,3)14-9(12)11-7-4-5-13-6-8(7)11/h8-9H,4-7H2,1-3H3;7-8H,4-6H2,1-3H3/t8-,9-;/m0./s1. The van der Waals surface area contributed by atoms with Crippen LogP contribution in [0.1, 0.15) is 60.8 Å². The van der Waals surface area contributed by atoms with Gasteiger partial charge >= 0.3 is 12.1 Å².